The van der Waals surface area contributed by atoms with Crippen molar-refractivity contribution >= 4 is 0 Å². The summed E-state index contributed by atoms with van der Waals surface area (Å²) in [6, 6.07) is 13.9. The van der Waals surface area contributed by atoms with E-state index < -0.39 is 5.54 Å². The van der Waals surface area contributed by atoms with Crippen LogP contribution in [0.4, 0.5) is 0 Å². The van der Waals surface area contributed by atoms with Crippen LogP contribution in [-0.4, -0.2) is 16.3 Å². The number of aliphatic hydroxyl groups excluding tert-OH is 1. The molecule has 1 aliphatic rings. The summed E-state index contributed by atoms with van der Waals surface area (Å²) in [6.07, 6.45) is 7.61. The highest BCUT2D eigenvalue weighted by molar-refractivity contribution is 5.24. The highest BCUT2D eigenvalue weighted by Gasteiger charge is 2.34. The summed E-state index contributed by atoms with van der Waals surface area (Å²) >= 11 is 0. The molecule has 0 atom stereocenters. The van der Waals surface area contributed by atoms with Gasteiger partial charge in [-0.25, -0.2) is 0 Å². The van der Waals surface area contributed by atoms with Gasteiger partial charge in [0.05, 0.1) is 12.1 Å². The molecule has 1 aromatic heterocycles. The molecule has 2 aromatic rings. The minimum absolute atomic E-state index is 0.0434. The third kappa shape index (κ3) is 2.86. The molecule has 22 heavy (non-hydrogen) atoms. The molecule has 0 radical (unpaired) electrons. The SMILES string of the molecule is O=c1c(Cc2ccccc2)cccn1C1(CO)CCCCC1. The Balaban J connectivity index is 1.96. The molecule has 0 amide bonds. The fourth-order valence-corrected chi connectivity index (χ4v) is 3.55. The van der Waals surface area contributed by atoms with Crippen molar-refractivity contribution in [2.45, 2.75) is 44.1 Å². The predicted molar refractivity (Wildman–Crippen MR) is 88.1 cm³/mol. The fourth-order valence-electron chi connectivity index (χ4n) is 3.55. The van der Waals surface area contributed by atoms with Crippen molar-refractivity contribution in [2.75, 3.05) is 6.61 Å². The molecule has 1 N–H and O–H groups in total. The van der Waals surface area contributed by atoms with Gasteiger partial charge >= 0.3 is 0 Å². The van der Waals surface area contributed by atoms with Crippen molar-refractivity contribution in [1.82, 2.24) is 4.57 Å². The van der Waals surface area contributed by atoms with Crippen LogP contribution in [-0.2, 0) is 12.0 Å². The zero-order chi connectivity index (χ0) is 15.4. The zero-order valence-corrected chi connectivity index (χ0v) is 12.9. The van der Waals surface area contributed by atoms with Gasteiger partial charge in [0.1, 0.15) is 0 Å². The van der Waals surface area contributed by atoms with E-state index in [1.807, 2.05) is 48.7 Å². The molecule has 0 bridgehead atoms. The molecule has 1 saturated carbocycles. The van der Waals surface area contributed by atoms with E-state index in [0.29, 0.717) is 6.42 Å². The number of aliphatic hydroxyl groups is 1. The Kier molecular flexibility index (Phi) is 4.44. The average Bonchev–Trinajstić information content (AvgIpc) is 2.58. The third-order valence-corrected chi connectivity index (χ3v) is 4.85. The molecule has 3 nitrogen and oxygen atoms in total. The van der Waals surface area contributed by atoms with Gasteiger partial charge in [-0.15, -0.1) is 0 Å². The Bertz CT molecular complexity index is 669. The van der Waals surface area contributed by atoms with Gasteiger partial charge in [0.15, 0.2) is 0 Å². The van der Waals surface area contributed by atoms with Crippen molar-refractivity contribution in [1.29, 1.82) is 0 Å². The van der Waals surface area contributed by atoms with Gasteiger partial charge in [-0.05, 0) is 24.5 Å². The highest BCUT2D eigenvalue weighted by atomic mass is 16.3. The maximum atomic E-state index is 12.9. The fraction of sp³-hybridized carbons (Fsp3) is 0.421. The Hall–Kier alpha value is -1.87. The van der Waals surface area contributed by atoms with Crippen LogP contribution in [0.1, 0.15) is 43.2 Å². The summed E-state index contributed by atoms with van der Waals surface area (Å²) in [4.78, 5) is 12.9. The van der Waals surface area contributed by atoms with Crippen molar-refractivity contribution in [2.24, 2.45) is 0 Å². The number of aromatic nitrogens is 1. The summed E-state index contributed by atoms with van der Waals surface area (Å²) < 4.78 is 1.80. The van der Waals surface area contributed by atoms with Crippen LogP contribution in [0, 0.1) is 0 Å². The van der Waals surface area contributed by atoms with Crippen LogP contribution in [0.5, 0.6) is 0 Å². The van der Waals surface area contributed by atoms with Gasteiger partial charge in [0.25, 0.3) is 5.56 Å². The second-order valence-electron chi connectivity index (χ2n) is 6.31. The summed E-state index contributed by atoms with van der Waals surface area (Å²) in [5.41, 5.74) is 1.58. The van der Waals surface area contributed by atoms with Crippen molar-refractivity contribution in [3.63, 3.8) is 0 Å². The summed E-state index contributed by atoms with van der Waals surface area (Å²) in [5.74, 6) is 0. The van der Waals surface area contributed by atoms with Gasteiger partial charge in [-0.1, -0.05) is 55.7 Å². The van der Waals surface area contributed by atoms with Crippen molar-refractivity contribution in [3.8, 4) is 0 Å². The lowest BCUT2D eigenvalue weighted by atomic mass is 9.81. The molecule has 0 unspecified atom stereocenters. The van der Waals surface area contributed by atoms with Crippen LogP contribution < -0.4 is 5.56 Å². The molecule has 1 aliphatic carbocycles. The van der Waals surface area contributed by atoms with E-state index in [9.17, 15) is 9.90 Å². The lowest BCUT2D eigenvalue weighted by Gasteiger charge is -2.37. The number of nitrogens with zero attached hydrogens (tertiary/aromatic N) is 1. The van der Waals surface area contributed by atoms with E-state index in [-0.39, 0.29) is 12.2 Å². The second-order valence-corrected chi connectivity index (χ2v) is 6.31. The molecule has 0 saturated heterocycles. The lowest BCUT2D eigenvalue weighted by molar-refractivity contribution is 0.0870. The van der Waals surface area contributed by atoms with E-state index in [2.05, 4.69) is 0 Å². The molecule has 1 aromatic carbocycles. The largest absolute Gasteiger partial charge is 0.394 e. The standard InChI is InChI=1S/C19H23NO2/c21-15-19(11-5-2-6-12-19)20-13-7-10-17(18(20)22)14-16-8-3-1-4-9-16/h1,3-4,7-10,13,21H,2,5-6,11-12,14-15H2. The first kappa shape index (κ1) is 15.0. The van der Waals surface area contributed by atoms with Gasteiger partial charge in [-0.3, -0.25) is 4.79 Å². The number of hydrogen-bond acceptors (Lipinski definition) is 2. The molecular formula is C19H23NO2. The predicted octanol–water partition coefficient (Wildman–Crippen LogP) is 3.09. The molecule has 1 heterocycles. The first-order valence-corrected chi connectivity index (χ1v) is 8.11. The van der Waals surface area contributed by atoms with E-state index in [0.717, 1.165) is 36.8 Å². The minimum Gasteiger partial charge on any atom is -0.394 e. The second kappa shape index (κ2) is 6.49. The Labute approximate surface area is 131 Å². The van der Waals surface area contributed by atoms with Crippen molar-refractivity contribution in [3.05, 3.63) is 70.1 Å². The molecule has 116 valence electrons. The first-order valence-electron chi connectivity index (χ1n) is 8.11. The number of rotatable bonds is 4. The van der Waals surface area contributed by atoms with Crippen LogP contribution in [0.15, 0.2) is 53.5 Å². The monoisotopic (exact) mass is 297 g/mol. The third-order valence-electron chi connectivity index (χ3n) is 4.85. The van der Waals surface area contributed by atoms with E-state index in [4.69, 9.17) is 0 Å². The molecule has 0 aliphatic heterocycles. The van der Waals surface area contributed by atoms with Crippen molar-refractivity contribution < 1.29 is 5.11 Å². The molecule has 1 fully saturated rings. The number of hydrogen-bond donors (Lipinski definition) is 1. The first-order chi connectivity index (χ1) is 10.7. The quantitative estimate of drug-likeness (QED) is 0.942. The minimum atomic E-state index is -0.401. The van der Waals surface area contributed by atoms with E-state index in [1.165, 1.54) is 6.42 Å². The van der Waals surface area contributed by atoms with Crippen LogP contribution in [0.2, 0.25) is 0 Å². The molecule has 0 spiro atoms. The van der Waals surface area contributed by atoms with Gasteiger partial charge < -0.3 is 9.67 Å². The highest BCUT2D eigenvalue weighted by Crippen LogP contribution is 2.33. The normalized spacial score (nSPS) is 17.3. The Morgan fingerprint density at radius 3 is 2.41 bits per heavy atom. The maximum absolute atomic E-state index is 12.9. The molecular weight excluding hydrogens is 274 g/mol. The number of pyridine rings is 1. The molecule has 3 rings (SSSR count). The topological polar surface area (TPSA) is 42.2 Å². The van der Waals surface area contributed by atoms with Gasteiger partial charge in [0, 0.05) is 18.2 Å². The Morgan fingerprint density at radius 2 is 1.73 bits per heavy atom. The van der Waals surface area contributed by atoms with Crippen LogP contribution >= 0.6 is 0 Å². The molecule has 3 heteroatoms. The lowest BCUT2D eigenvalue weighted by Crippen LogP contribution is -2.46. The van der Waals surface area contributed by atoms with Crippen LogP contribution in [0.3, 0.4) is 0 Å². The average molecular weight is 297 g/mol. The zero-order valence-electron chi connectivity index (χ0n) is 12.9. The summed E-state index contributed by atoms with van der Waals surface area (Å²) in [6.45, 7) is 0.0434. The summed E-state index contributed by atoms with van der Waals surface area (Å²) in [5, 5.41) is 9.94. The smallest absolute Gasteiger partial charge is 0.254 e. The van der Waals surface area contributed by atoms with Crippen LogP contribution in [0.25, 0.3) is 0 Å². The number of benzene rings is 1. The summed E-state index contributed by atoms with van der Waals surface area (Å²) in [7, 11) is 0. The van der Waals surface area contributed by atoms with E-state index in [1.54, 1.807) is 4.57 Å². The van der Waals surface area contributed by atoms with E-state index >= 15 is 0 Å². The maximum Gasteiger partial charge on any atom is 0.254 e. The Morgan fingerprint density at radius 1 is 1.00 bits per heavy atom. The van der Waals surface area contributed by atoms with Gasteiger partial charge in [-0.2, -0.15) is 0 Å². The van der Waals surface area contributed by atoms with Gasteiger partial charge in [0.2, 0.25) is 0 Å².